The number of nitrogens with two attached hydrogens (primary N) is 1. The van der Waals surface area contributed by atoms with Gasteiger partial charge in [0.25, 0.3) is 0 Å². The molecule has 0 aliphatic carbocycles. The maximum Gasteiger partial charge on any atom is 0.247 e. The number of halogens is 1. The zero-order chi connectivity index (χ0) is 17.2. The van der Waals surface area contributed by atoms with Crippen molar-refractivity contribution in [3.63, 3.8) is 0 Å². The van der Waals surface area contributed by atoms with E-state index in [1.807, 2.05) is 30.3 Å². The third-order valence-electron chi connectivity index (χ3n) is 4.39. The van der Waals surface area contributed by atoms with Gasteiger partial charge in [0.15, 0.2) is 0 Å². The molecule has 0 saturated carbocycles. The molecule has 0 bridgehead atoms. The van der Waals surface area contributed by atoms with Crippen LogP contribution in [0.1, 0.15) is 24.2 Å². The lowest BCUT2D eigenvalue weighted by atomic mass is 9.91. The van der Waals surface area contributed by atoms with E-state index in [9.17, 15) is 9.18 Å². The van der Waals surface area contributed by atoms with Crippen LogP contribution in [-0.4, -0.2) is 30.5 Å². The van der Waals surface area contributed by atoms with Crippen LogP contribution in [0.15, 0.2) is 54.6 Å². The molecule has 5 heteroatoms. The van der Waals surface area contributed by atoms with Gasteiger partial charge in [-0.15, -0.1) is 0 Å². The molecule has 2 unspecified atom stereocenters. The fourth-order valence-electron chi connectivity index (χ4n) is 2.98. The fraction of sp³-hybridized carbons (Fsp3) is 0.316. The summed E-state index contributed by atoms with van der Waals surface area (Å²) >= 11 is 0. The van der Waals surface area contributed by atoms with Crippen LogP contribution in [0.25, 0.3) is 0 Å². The van der Waals surface area contributed by atoms with Crippen LogP contribution >= 0.6 is 0 Å². The lowest BCUT2D eigenvalue weighted by molar-refractivity contribution is -0.144. The van der Waals surface area contributed by atoms with E-state index in [1.54, 1.807) is 24.0 Å². The summed E-state index contributed by atoms with van der Waals surface area (Å²) in [6, 6.07) is 15.6. The Morgan fingerprint density at radius 2 is 2.00 bits per heavy atom. The molecule has 2 N–H and O–H groups in total. The Morgan fingerprint density at radius 1 is 1.25 bits per heavy atom. The molecule has 1 fully saturated rings. The second-order valence-corrected chi connectivity index (χ2v) is 6.23. The molecular weight excluding hydrogens is 307 g/mol. The van der Waals surface area contributed by atoms with Crippen molar-refractivity contribution in [2.45, 2.75) is 18.6 Å². The van der Waals surface area contributed by atoms with E-state index >= 15 is 0 Å². The third-order valence-corrected chi connectivity index (χ3v) is 4.39. The second kappa shape index (κ2) is 6.71. The Labute approximate surface area is 141 Å². The van der Waals surface area contributed by atoms with Crippen LogP contribution in [0.4, 0.5) is 4.39 Å². The monoisotopic (exact) mass is 328 g/mol. The van der Waals surface area contributed by atoms with E-state index in [-0.39, 0.29) is 17.8 Å². The maximum absolute atomic E-state index is 13.4. The number of carbonyl (C=O) groups excluding carboxylic acids is 1. The van der Waals surface area contributed by atoms with Crippen molar-refractivity contribution in [3.05, 3.63) is 71.5 Å². The van der Waals surface area contributed by atoms with E-state index in [0.29, 0.717) is 19.7 Å². The van der Waals surface area contributed by atoms with Crippen LogP contribution < -0.4 is 5.73 Å². The molecule has 2 aromatic carbocycles. The van der Waals surface area contributed by atoms with Gasteiger partial charge in [0.05, 0.1) is 13.2 Å². The van der Waals surface area contributed by atoms with Gasteiger partial charge in [-0.2, -0.15) is 0 Å². The first kappa shape index (κ1) is 16.6. The number of hydrogen-bond acceptors (Lipinski definition) is 3. The molecule has 4 nitrogen and oxygen atoms in total. The molecule has 2 atom stereocenters. The Bertz CT molecular complexity index is 718. The minimum atomic E-state index is -1.11. The van der Waals surface area contributed by atoms with Crippen LogP contribution in [-0.2, 0) is 15.1 Å². The summed E-state index contributed by atoms with van der Waals surface area (Å²) in [5.41, 5.74) is 6.72. The molecular formula is C19H21FN2O2. The number of nitrogens with zero attached hydrogens (tertiary/aromatic N) is 1. The normalized spacial score (nSPS) is 20.5. The summed E-state index contributed by atoms with van der Waals surface area (Å²) in [5.74, 6) is -0.467. The van der Waals surface area contributed by atoms with E-state index < -0.39 is 5.54 Å². The smallest absolute Gasteiger partial charge is 0.247 e. The molecule has 1 aliphatic heterocycles. The van der Waals surface area contributed by atoms with Crippen molar-refractivity contribution in [2.24, 2.45) is 5.73 Å². The molecule has 1 aliphatic rings. The molecule has 1 heterocycles. The average molecular weight is 328 g/mol. The minimum absolute atomic E-state index is 0.154. The number of benzene rings is 2. The highest BCUT2D eigenvalue weighted by Gasteiger charge is 2.37. The Morgan fingerprint density at radius 3 is 2.71 bits per heavy atom. The number of morpholine rings is 1. The number of hydrogen-bond donors (Lipinski definition) is 1. The van der Waals surface area contributed by atoms with Gasteiger partial charge in [-0.25, -0.2) is 4.39 Å². The summed E-state index contributed by atoms with van der Waals surface area (Å²) in [4.78, 5) is 14.6. The quantitative estimate of drug-likeness (QED) is 0.942. The molecule has 1 saturated heterocycles. The summed E-state index contributed by atoms with van der Waals surface area (Å²) in [7, 11) is 0. The highest BCUT2D eigenvalue weighted by atomic mass is 19.1. The average Bonchev–Trinajstić information content (AvgIpc) is 2.62. The third kappa shape index (κ3) is 3.32. The van der Waals surface area contributed by atoms with Crippen LogP contribution in [0.2, 0.25) is 0 Å². The Balaban J connectivity index is 1.78. The Hall–Kier alpha value is -2.24. The number of ether oxygens (including phenoxy) is 1. The van der Waals surface area contributed by atoms with Crippen LogP contribution in [0.3, 0.4) is 0 Å². The van der Waals surface area contributed by atoms with Crippen LogP contribution in [0, 0.1) is 5.82 Å². The number of carbonyl (C=O) groups is 1. The fourth-order valence-corrected chi connectivity index (χ4v) is 2.98. The van der Waals surface area contributed by atoms with Crippen LogP contribution in [0.5, 0.6) is 0 Å². The van der Waals surface area contributed by atoms with E-state index in [4.69, 9.17) is 10.5 Å². The number of rotatable bonds is 3. The molecule has 0 spiro atoms. The molecule has 3 rings (SSSR count). The summed E-state index contributed by atoms with van der Waals surface area (Å²) in [6.07, 6.45) is -0.343. The summed E-state index contributed by atoms with van der Waals surface area (Å²) in [6.45, 7) is 2.96. The lowest BCUT2D eigenvalue weighted by Gasteiger charge is -2.37. The van der Waals surface area contributed by atoms with Gasteiger partial charge in [-0.3, -0.25) is 4.79 Å². The van der Waals surface area contributed by atoms with Gasteiger partial charge in [-0.05, 0) is 30.2 Å². The zero-order valence-electron chi connectivity index (χ0n) is 13.6. The SMILES string of the molecule is CC(N)(C(=O)N1CCOC(c2cccc(F)c2)C1)c1ccccc1. The van der Waals surface area contributed by atoms with E-state index in [2.05, 4.69) is 0 Å². The molecule has 0 radical (unpaired) electrons. The first-order valence-electron chi connectivity index (χ1n) is 7.99. The standard InChI is InChI=1S/C19H21FN2O2/c1-19(21,15-7-3-2-4-8-15)18(23)22-10-11-24-17(13-22)14-6-5-9-16(20)12-14/h2-9,12,17H,10-11,13,21H2,1H3. The van der Waals surface area contributed by atoms with Crippen molar-refractivity contribution in [3.8, 4) is 0 Å². The summed E-state index contributed by atoms with van der Waals surface area (Å²) < 4.78 is 19.1. The summed E-state index contributed by atoms with van der Waals surface area (Å²) in [5, 5.41) is 0. The molecule has 24 heavy (non-hydrogen) atoms. The van der Waals surface area contributed by atoms with Gasteiger partial charge in [0.1, 0.15) is 17.5 Å². The van der Waals surface area contributed by atoms with Gasteiger partial charge in [0, 0.05) is 6.54 Å². The Kier molecular flexibility index (Phi) is 4.64. The van der Waals surface area contributed by atoms with Gasteiger partial charge >= 0.3 is 0 Å². The van der Waals surface area contributed by atoms with Crippen molar-refractivity contribution < 1.29 is 13.9 Å². The molecule has 1 amide bonds. The first-order chi connectivity index (χ1) is 11.5. The predicted molar refractivity (Wildman–Crippen MR) is 89.7 cm³/mol. The molecule has 0 aromatic heterocycles. The number of amides is 1. The lowest BCUT2D eigenvalue weighted by Crippen LogP contribution is -2.54. The second-order valence-electron chi connectivity index (χ2n) is 6.23. The van der Waals surface area contributed by atoms with Gasteiger partial charge in [0.2, 0.25) is 5.91 Å². The van der Waals surface area contributed by atoms with E-state index in [1.165, 1.54) is 12.1 Å². The zero-order valence-corrected chi connectivity index (χ0v) is 13.6. The highest BCUT2D eigenvalue weighted by molar-refractivity contribution is 5.87. The molecule has 2 aromatic rings. The van der Waals surface area contributed by atoms with Crippen molar-refractivity contribution >= 4 is 5.91 Å². The van der Waals surface area contributed by atoms with Gasteiger partial charge < -0.3 is 15.4 Å². The van der Waals surface area contributed by atoms with E-state index in [0.717, 1.165) is 11.1 Å². The topological polar surface area (TPSA) is 55.6 Å². The largest absolute Gasteiger partial charge is 0.370 e. The minimum Gasteiger partial charge on any atom is -0.370 e. The van der Waals surface area contributed by atoms with Gasteiger partial charge in [-0.1, -0.05) is 42.5 Å². The maximum atomic E-state index is 13.4. The van der Waals surface area contributed by atoms with Crippen molar-refractivity contribution in [1.82, 2.24) is 4.90 Å². The predicted octanol–water partition coefficient (Wildman–Crippen LogP) is 2.60. The first-order valence-corrected chi connectivity index (χ1v) is 7.99. The molecule has 126 valence electrons. The van der Waals surface area contributed by atoms with Crippen molar-refractivity contribution in [2.75, 3.05) is 19.7 Å². The highest BCUT2D eigenvalue weighted by Crippen LogP contribution is 2.26. The van der Waals surface area contributed by atoms with Crippen molar-refractivity contribution in [1.29, 1.82) is 0 Å².